The molecule has 0 aliphatic rings. The summed E-state index contributed by atoms with van der Waals surface area (Å²) in [5.41, 5.74) is 3.05. The number of halogens is 2. The summed E-state index contributed by atoms with van der Waals surface area (Å²) in [6.45, 7) is 2.48. The number of likely N-dealkylation sites (N-methyl/N-ethyl adjacent to an activating group) is 1. The van der Waals surface area contributed by atoms with Gasteiger partial charge in [-0.15, -0.1) is 0 Å². The second-order valence-electron chi connectivity index (χ2n) is 5.96. The Morgan fingerprint density at radius 3 is 2.42 bits per heavy atom. The number of amides is 1. The predicted octanol–water partition coefficient (Wildman–Crippen LogP) is 5.09. The molecule has 0 atom stereocenters. The molecular formula is C20H18Br2N2O2. The molecule has 6 heteroatoms. The van der Waals surface area contributed by atoms with Crippen molar-refractivity contribution in [3.05, 3.63) is 67.6 Å². The molecule has 4 nitrogen and oxygen atoms in total. The van der Waals surface area contributed by atoms with Crippen molar-refractivity contribution in [1.82, 2.24) is 4.90 Å². The maximum atomic E-state index is 12.0. The Morgan fingerprint density at radius 1 is 1.23 bits per heavy atom. The lowest BCUT2D eigenvalue weighted by atomic mass is 10.1. The molecule has 0 unspecified atom stereocenters. The minimum atomic E-state index is -0.334. The lowest BCUT2D eigenvalue weighted by Gasteiger charge is -2.12. The van der Waals surface area contributed by atoms with Crippen LogP contribution in [0.1, 0.15) is 16.7 Å². The van der Waals surface area contributed by atoms with E-state index in [4.69, 9.17) is 4.74 Å². The largest absolute Gasteiger partial charge is 0.487 e. The van der Waals surface area contributed by atoms with E-state index in [1.165, 1.54) is 10.5 Å². The third-order valence-corrected chi connectivity index (χ3v) is 4.73. The first-order valence-electron chi connectivity index (χ1n) is 7.82. The molecule has 0 aromatic heterocycles. The van der Waals surface area contributed by atoms with Gasteiger partial charge in [0.1, 0.15) is 24.0 Å². The number of hydrogen-bond acceptors (Lipinski definition) is 3. The SMILES string of the molecule is Cc1cccc(COc2c(Br)cc(/C=C(/C#N)C(=O)N(C)C)cc2Br)c1. The first-order chi connectivity index (χ1) is 12.3. The maximum Gasteiger partial charge on any atom is 0.264 e. The molecule has 2 aromatic rings. The van der Waals surface area contributed by atoms with E-state index in [0.29, 0.717) is 12.4 Å². The molecule has 26 heavy (non-hydrogen) atoms. The molecule has 0 radical (unpaired) electrons. The smallest absolute Gasteiger partial charge is 0.264 e. The number of carbonyl (C=O) groups is 1. The van der Waals surface area contributed by atoms with Gasteiger partial charge in [-0.05, 0) is 68.1 Å². The zero-order chi connectivity index (χ0) is 19.3. The molecule has 134 valence electrons. The number of hydrogen-bond donors (Lipinski definition) is 0. The highest BCUT2D eigenvalue weighted by molar-refractivity contribution is 9.11. The van der Waals surface area contributed by atoms with Gasteiger partial charge in [-0.3, -0.25) is 4.79 Å². The molecule has 0 spiro atoms. The Morgan fingerprint density at radius 2 is 1.88 bits per heavy atom. The normalized spacial score (nSPS) is 11.0. The second kappa shape index (κ2) is 9.02. The van der Waals surface area contributed by atoms with Crippen molar-refractivity contribution in [3.8, 4) is 11.8 Å². The van der Waals surface area contributed by atoms with Crippen LogP contribution in [0, 0.1) is 18.3 Å². The summed E-state index contributed by atoms with van der Waals surface area (Å²) in [5.74, 6) is 0.334. The van der Waals surface area contributed by atoms with E-state index < -0.39 is 0 Å². The van der Waals surface area contributed by atoms with Crippen LogP contribution in [-0.4, -0.2) is 24.9 Å². The standard InChI is InChI=1S/C20H18Br2N2O2/c1-13-5-4-6-14(7-13)12-26-19-17(21)9-15(10-18(19)22)8-16(11-23)20(25)24(2)3/h4-10H,12H2,1-3H3/b16-8-. The van der Waals surface area contributed by atoms with Crippen molar-refractivity contribution in [2.75, 3.05) is 14.1 Å². The van der Waals surface area contributed by atoms with Gasteiger partial charge in [0, 0.05) is 14.1 Å². The zero-order valence-corrected chi connectivity index (χ0v) is 17.9. The molecule has 2 aromatic carbocycles. The minimum Gasteiger partial charge on any atom is -0.487 e. The Bertz CT molecular complexity index is 876. The van der Waals surface area contributed by atoms with Gasteiger partial charge in [-0.2, -0.15) is 5.26 Å². The monoisotopic (exact) mass is 476 g/mol. The fourth-order valence-electron chi connectivity index (χ4n) is 2.31. The summed E-state index contributed by atoms with van der Waals surface area (Å²) >= 11 is 7.00. The van der Waals surface area contributed by atoms with E-state index in [-0.39, 0.29) is 11.5 Å². The first kappa shape index (κ1) is 20.2. The summed E-state index contributed by atoms with van der Waals surface area (Å²) in [4.78, 5) is 13.4. The number of benzene rings is 2. The van der Waals surface area contributed by atoms with Gasteiger partial charge in [-0.1, -0.05) is 29.8 Å². The molecule has 2 rings (SSSR count). The average molecular weight is 478 g/mol. The van der Waals surface area contributed by atoms with Crippen LogP contribution in [0.15, 0.2) is 50.9 Å². The van der Waals surface area contributed by atoms with E-state index in [9.17, 15) is 10.1 Å². The van der Waals surface area contributed by atoms with Crippen molar-refractivity contribution in [1.29, 1.82) is 5.26 Å². The average Bonchev–Trinajstić information content (AvgIpc) is 2.58. The summed E-state index contributed by atoms with van der Waals surface area (Å²) in [6.07, 6.45) is 1.56. The van der Waals surface area contributed by atoms with Crippen LogP contribution in [0.5, 0.6) is 5.75 Å². The highest BCUT2D eigenvalue weighted by Gasteiger charge is 2.13. The molecule has 1 amide bonds. The Balaban J connectivity index is 2.25. The minimum absolute atomic E-state index is 0.0715. The van der Waals surface area contributed by atoms with Crippen LogP contribution in [0.25, 0.3) is 6.08 Å². The Hall–Kier alpha value is -2.10. The van der Waals surface area contributed by atoms with E-state index in [0.717, 1.165) is 20.1 Å². The Labute approximate surface area is 170 Å². The van der Waals surface area contributed by atoms with Crippen LogP contribution < -0.4 is 4.74 Å². The van der Waals surface area contributed by atoms with Crippen molar-refractivity contribution in [3.63, 3.8) is 0 Å². The number of ether oxygens (including phenoxy) is 1. The van der Waals surface area contributed by atoms with Crippen molar-refractivity contribution >= 4 is 43.8 Å². The van der Waals surface area contributed by atoms with E-state index in [1.54, 1.807) is 20.2 Å². The van der Waals surface area contributed by atoms with Crippen LogP contribution in [0.4, 0.5) is 0 Å². The van der Waals surface area contributed by atoms with Gasteiger partial charge < -0.3 is 9.64 Å². The summed E-state index contributed by atoms with van der Waals surface area (Å²) < 4.78 is 7.40. The molecule has 0 bridgehead atoms. The lowest BCUT2D eigenvalue weighted by Crippen LogP contribution is -2.22. The van der Waals surface area contributed by atoms with E-state index in [2.05, 4.69) is 37.9 Å². The summed E-state index contributed by atoms with van der Waals surface area (Å²) in [6, 6.07) is 13.7. The zero-order valence-electron chi connectivity index (χ0n) is 14.7. The highest BCUT2D eigenvalue weighted by Crippen LogP contribution is 2.36. The molecule has 0 aliphatic carbocycles. The number of carbonyl (C=O) groups excluding carboxylic acids is 1. The maximum absolute atomic E-state index is 12.0. The quantitative estimate of drug-likeness (QED) is 0.445. The Kier molecular flexibility index (Phi) is 7.01. The molecule has 0 fully saturated rings. The van der Waals surface area contributed by atoms with Crippen LogP contribution in [0.3, 0.4) is 0 Å². The van der Waals surface area contributed by atoms with Gasteiger partial charge in [0.25, 0.3) is 5.91 Å². The third kappa shape index (κ3) is 5.20. The van der Waals surface area contributed by atoms with Crippen LogP contribution >= 0.6 is 31.9 Å². The van der Waals surface area contributed by atoms with E-state index in [1.807, 2.05) is 43.3 Å². The summed E-state index contributed by atoms with van der Waals surface area (Å²) in [5, 5.41) is 9.22. The first-order valence-corrected chi connectivity index (χ1v) is 9.41. The molecule has 0 heterocycles. The predicted molar refractivity (Wildman–Crippen MR) is 110 cm³/mol. The van der Waals surface area contributed by atoms with Gasteiger partial charge >= 0.3 is 0 Å². The molecular weight excluding hydrogens is 460 g/mol. The fourth-order valence-corrected chi connectivity index (χ4v) is 3.76. The number of aryl methyl sites for hydroxylation is 1. The van der Waals surface area contributed by atoms with Crippen molar-refractivity contribution in [2.24, 2.45) is 0 Å². The lowest BCUT2D eigenvalue weighted by molar-refractivity contribution is -0.124. The molecule has 0 saturated heterocycles. The third-order valence-electron chi connectivity index (χ3n) is 3.55. The van der Waals surface area contributed by atoms with Gasteiger partial charge in [0.05, 0.1) is 8.95 Å². The van der Waals surface area contributed by atoms with Crippen molar-refractivity contribution in [2.45, 2.75) is 13.5 Å². The van der Waals surface area contributed by atoms with Gasteiger partial charge in [0.15, 0.2) is 0 Å². The number of nitriles is 1. The summed E-state index contributed by atoms with van der Waals surface area (Å²) in [7, 11) is 3.23. The molecule has 0 N–H and O–H groups in total. The number of nitrogens with zero attached hydrogens (tertiary/aromatic N) is 2. The molecule has 0 aliphatic heterocycles. The molecule has 0 saturated carbocycles. The second-order valence-corrected chi connectivity index (χ2v) is 7.67. The van der Waals surface area contributed by atoms with Gasteiger partial charge in [-0.25, -0.2) is 0 Å². The topological polar surface area (TPSA) is 53.3 Å². The highest BCUT2D eigenvalue weighted by atomic mass is 79.9. The fraction of sp³-hybridized carbons (Fsp3) is 0.200. The number of rotatable bonds is 5. The van der Waals surface area contributed by atoms with Crippen LogP contribution in [0.2, 0.25) is 0 Å². The van der Waals surface area contributed by atoms with Crippen molar-refractivity contribution < 1.29 is 9.53 Å². The van der Waals surface area contributed by atoms with E-state index >= 15 is 0 Å². The van der Waals surface area contributed by atoms with Crippen LogP contribution in [-0.2, 0) is 11.4 Å². The van der Waals surface area contributed by atoms with Gasteiger partial charge in [0.2, 0.25) is 0 Å².